The van der Waals surface area contributed by atoms with Gasteiger partial charge in [-0.25, -0.2) is 0 Å². The largest absolute Gasteiger partial charge is 0.308 e. The summed E-state index contributed by atoms with van der Waals surface area (Å²) in [7, 11) is 2.38. The molecule has 0 unspecified atom stereocenters. The second-order valence-corrected chi connectivity index (χ2v) is 5.22. The van der Waals surface area contributed by atoms with E-state index in [4.69, 9.17) is 0 Å². The SMILES string of the molecule is CCCN1CC(C)(C)[N@@+](C)(CC)C1. The Labute approximate surface area is 83.1 Å². The van der Waals surface area contributed by atoms with Crippen molar-refractivity contribution in [2.75, 3.05) is 33.4 Å². The van der Waals surface area contributed by atoms with Crippen molar-refractivity contribution in [1.29, 1.82) is 0 Å². The third-order valence-corrected chi connectivity index (χ3v) is 3.82. The smallest absolute Gasteiger partial charge is 0.135 e. The van der Waals surface area contributed by atoms with Crippen LogP contribution in [-0.2, 0) is 0 Å². The molecule has 0 aromatic heterocycles. The van der Waals surface area contributed by atoms with Crippen LogP contribution >= 0.6 is 0 Å². The minimum absolute atomic E-state index is 0.434. The summed E-state index contributed by atoms with van der Waals surface area (Å²) in [5.74, 6) is 0. The zero-order valence-electron chi connectivity index (χ0n) is 9.93. The molecule has 0 aliphatic carbocycles. The molecule has 1 saturated heterocycles. The van der Waals surface area contributed by atoms with Crippen molar-refractivity contribution < 1.29 is 4.48 Å². The van der Waals surface area contributed by atoms with Crippen LogP contribution in [0.1, 0.15) is 34.1 Å². The molecule has 0 aromatic rings. The zero-order chi connectivity index (χ0) is 10.1. The Morgan fingerprint density at radius 1 is 1.31 bits per heavy atom. The van der Waals surface area contributed by atoms with Crippen LogP contribution < -0.4 is 0 Å². The van der Waals surface area contributed by atoms with Gasteiger partial charge in [-0.2, -0.15) is 0 Å². The van der Waals surface area contributed by atoms with E-state index in [9.17, 15) is 0 Å². The highest BCUT2D eigenvalue weighted by Gasteiger charge is 2.47. The molecule has 0 spiro atoms. The van der Waals surface area contributed by atoms with Gasteiger partial charge < -0.3 is 4.48 Å². The van der Waals surface area contributed by atoms with Crippen molar-refractivity contribution in [1.82, 2.24) is 4.90 Å². The van der Waals surface area contributed by atoms with Gasteiger partial charge >= 0.3 is 0 Å². The number of rotatable bonds is 3. The standard InChI is InChI=1S/C11H25N2/c1-6-8-12-9-11(3,4)13(5,7-2)10-12/h6-10H2,1-5H3/q+1/t13-/m0/s1. The Kier molecular flexibility index (Phi) is 3.03. The lowest BCUT2D eigenvalue weighted by Gasteiger charge is -2.40. The van der Waals surface area contributed by atoms with Gasteiger partial charge in [0.15, 0.2) is 0 Å². The highest BCUT2D eigenvalue weighted by molar-refractivity contribution is 4.80. The molecule has 0 saturated carbocycles. The lowest BCUT2D eigenvalue weighted by atomic mass is 10.0. The minimum Gasteiger partial charge on any atom is -0.308 e. The first-order valence-corrected chi connectivity index (χ1v) is 5.52. The van der Waals surface area contributed by atoms with Crippen LogP contribution in [0.4, 0.5) is 0 Å². The van der Waals surface area contributed by atoms with Crippen molar-refractivity contribution in [3.8, 4) is 0 Å². The number of nitrogens with zero attached hydrogens (tertiary/aromatic N) is 2. The van der Waals surface area contributed by atoms with Crippen molar-refractivity contribution in [3.63, 3.8) is 0 Å². The number of quaternary nitrogens is 1. The van der Waals surface area contributed by atoms with E-state index in [0.717, 1.165) is 0 Å². The molecule has 0 bridgehead atoms. The summed E-state index contributed by atoms with van der Waals surface area (Å²) in [6, 6.07) is 0. The molecule has 78 valence electrons. The Morgan fingerprint density at radius 3 is 2.31 bits per heavy atom. The predicted molar refractivity (Wildman–Crippen MR) is 57.5 cm³/mol. The van der Waals surface area contributed by atoms with Crippen molar-refractivity contribution in [3.05, 3.63) is 0 Å². The second-order valence-electron chi connectivity index (χ2n) is 5.22. The summed E-state index contributed by atoms with van der Waals surface area (Å²) in [6.45, 7) is 14.4. The van der Waals surface area contributed by atoms with E-state index >= 15 is 0 Å². The van der Waals surface area contributed by atoms with Gasteiger partial charge in [0.05, 0.1) is 20.1 Å². The van der Waals surface area contributed by atoms with E-state index in [1.54, 1.807) is 0 Å². The molecule has 0 N–H and O–H groups in total. The van der Waals surface area contributed by atoms with E-state index in [1.165, 1.54) is 37.2 Å². The molecule has 1 aliphatic heterocycles. The molecule has 1 atom stereocenters. The van der Waals surface area contributed by atoms with Crippen LogP contribution in [0.2, 0.25) is 0 Å². The number of likely N-dealkylation sites (N-methyl/N-ethyl adjacent to an activating group) is 1. The summed E-state index contributed by atoms with van der Waals surface area (Å²) in [5.41, 5.74) is 0.434. The monoisotopic (exact) mass is 185 g/mol. The summed E-state index contributed by atoms with van der Waals surface area (Å²) in [5, 5.41) is 0. The molecule has 13 heavy (non-hydrogen) atoms. The average molecular weight is 185 g/mol. The van der Waals surface area contributed by atoms with Gasteiger partial charge in [-0.15, -0.1) is 0 Å². The fourth-order valence-electron chi connectivity index (χ4n) is 2.39. The van der Waals surface area contributed by atoms with Crippen molar-refractivity contribution >= 4 is 0 Å². The second kappa shape index (κ2) is 3.58. The lowest BCUT2D eigenvalue weighted by molar-refractivity contribution is -0.943. The first-order chi connectivity index (χ1) is 5.95. The van der Waals surface area contributed by atoms with Crippen LogP contribution in [-0.4, -0.2) is 48.3 Å². The first kappa shape index (κ1) is 11.0. The Bertz CT molecular complexity index is 177. The van der Waals surface area contributed by atoms with Gasteiger partial charge in [0.2, 0.25) is 0 Å². The fraction of sp³-hybridized carbons (Fsp3) is 1.00. The van der Waals surface area contributed by atoms with Crippen molar-refractivity contribution in [2.45, 2.75) is 39.7 Å². The molecule has 1 aliphatic rings. The predicted octanol–water partition coefficient (Wildman–Crippen LogP) is 1.91. The molecular weight excluding hydrogens is 160 g/mol. The molecule has 1 rings (SSSR count). The average Bonchev–Trinajstić information content (AvgIpc) is 2.24. The van der Waals surface area contributed by atoms with Crippen LogP contribution in [0.3, 0.4) is 0 Å². The van der Waals surface area contributed by atoms with Gasteiger partial charge in [-0.3, -0.25) is 4.90 Å². The molecule has 2 nitrogen and oxygen atoms in total. The summed E-state index contributed by atoms with van der Waals surface area (Å²) in [4.78, 5) is 2.60. The molecule has 0 aromatic carbocycles. The topological polar surface area (TPSA) is 3.24 Å². The maximum Gasteiger partial charge on any atom is 0.135 e. The van der Waals surface area contributed by atoms with E-state index in [0.29, 0.717) is 5.54 Å². The van der Waals surface area contributed by atoms with E-state index < -0.39 is 0 Å². The maximum atomic E-state index is 2.60. The Balaban J connectivity index is 2.68. The quantitative estimate of drug-likeness (QED) is 0.607. The Morgan fingerprint density at radius 2 is 1.92 bits per heavy atom. The summed E-state index contributed by atoms with van der Waals surface area (Å²) >= 11 is 0. The van der Waals surface area contributed by atoms with Crippen LogP contribution in [0.5, 0.6) is 0 Å². The molecule has 0 radical (unpaired) electrons. The van der Waals surface area contributed by atoms with Crippen LogP contribution in [0, 0.1) is 0 Å². The normalized spacial score (nSPS) is 33.9. The molecule has 0 amide bonds. The van der Waals surface area contributed by atoms with Crippen molar-refractivity contribution in [2.24, 2.45) is 0 Å². The summed E-state index contributed by atoms with van der Waals surface area (Å²) < 4.78 is 1.20. The van der Waals surface area contributed by atoms with Gasteiger partial charge in [-0.1, -0.05) is 6.92 Å². The molecule has 1 heterocycles. The minimum atomic E-state index is 0.434. The molecule has 1 fully saturated rings. The highest BCUT2D eigenvalue weighted by Crippen LogP contribution is 2.30. The first-order valence-electron chi connectivity index (χ1n) is 5.52. The van der Waals surface area contributed by atoms with Crippen LogP contribution in [0.25, 0.3) is 0 Å². The maximum absolute atomic E-state index is 2.60. The van der Waals surface area contributed by atoms with E-state index in [2.05, 4.69) is 39.6 Å². The fourth-order valence-corrected chi connectivity index (χ4v) is 2.39. The number of hydrogen-bond acceptors (Lipinski definition) is 1. The molecular formula is C11H25N2+. The number of hydrogen-bond donors (Lipinski definition) is 0. The Hall–Kier alpha value is -0.0800. The lowest BCUT2D eigenvalue weighted by Crippen LogP contribution is -2.55. The third-order valence-electron chi connectivity index (χ3n) is 3.82. The van der Waals surface area contributed by atoms with E-state index in [1.807, 2.05) is 0 Å². The van der Waals surface area contributed by atoms with Crippen LogP contribution in [0.15, 0.2) is 0 Å². The van der Waals surface area contributed by atoms with E-state index in [-0.39, 0.29) is 0 Å². The third kappa shape index (κ3) is 1.89. The van der Waals surface area contributed by atoms with Gasteiger partial charge in [0.25, 0.3) is 0 Å². The summed E-state index contributed by atoms with van der Waals surface area (Å²) in [6.07, 6.45) is 1.28. The highest BCUT2D eigenvalue weighted by atomic mass is 15.5. The van der Waals surface area contributed by atoms with Gasteiger partial charge in [-0.05, 0) is 27.2 Å². The zero-order valence-corrected chi connectivity index (χ0v) is 9.93. The molecule has 2 heteroatoms. The van der Waals surface area contributed by atoms with Gasteiger partial charge in [0, 0.05) is 6.54 Å². The van der Waals surface area contributed by atoms with Gasteiger partial charge in [0.1, 0.15) is 12.2 Å².